The zero-order valence-corrected chi connectivity index (χ0v) is 12.9. The van der Waals surface area contributed by atoms with Crippen LogP contribution in [0.5, 0.6) is 0 Å². The van der Waals surface area contributed by atoms with E-state index in [9.17, 15) is 9.59 Å². The lowest BCUT2D eigenvalue weighted by Crippen LogP contribution is -2.48. The number of urea groups is 1. The maximum absolute atomic E-state index is 12.1. The highest BCUT2D eigenvalue weighted by Gasteiger charge is 2.36. The third-order valence-electron chi connectivity index (χ3n) is 5.12. The monoisotopic (exact) mass is 296 g/mol. The zero-order valence-electron chi connectivity index (χ0n) is 12.9. The van der Waals surface area contributed by atoms with E-state index in [4.69, 9.17) is 5.11 Å². The molecule has 2 rings (SSSR count). The van der Waals surface area contributed by atoms with Crippen molar-refractivity contribution in [3.63, 3.8) is 0 Å². The second-order valence-electron chi connectivity index (χ2n) is 6.63. The molecule has 0 atom stereocenters. The number of nitrogens with zero attached hydrogens (tertiary/aromatic N) is 1. The third kappa shape index (κ3) is 4.90. The van der Waals surface area contributed by atoms with Gasteiger partial charge < -0.3 is 15.3 Å². The average Bonchev–Trinajstić information content (AvgIpc) is 2.48. The van der Waals surface area contributed by atoms with Gasteiger partial charge in [0.1, 0.15) is 0 Å². The van der Waals surface area contributed by atoms with Crippen molar-refractivity contribution in [1.29, 1.82) is 0 Å². The van der Waals surface area contributed by atoms with Crippen LogP contribution in [0.15, 0.2) is 0 Å². The van der Waals surface area contributed by atoms with Crippen molar-refractivity contribution in [1.82, 2.24) is 10.2 Å². The number of carboxylic acids is 1. The highest BCUT2D eigenvalue weighted by atomic mass is 16.4. The van der Waals surface area contributed by atoms with Crippen LogP contribution in [0.2, 0.25) is 0 Å². The molecule has 1 heterocycles. The molecule has 21 heavy (non-hydrogen) atoms. The number of piperidine rings is 1. The Balaban J connectivity index is 1.62. The summed E-state index contributed by atoms with van der Waals surface area (Å²) in [7, 11) is 0. The number of carbonyl (C=O) groups excluding carboxylic acids is 1. The molecule has 2 N–H and O–H groups in total. The van der Waals surface area contributed by atoms with Gasteiger partial charge in [0.2, 0.25) is 0 Å². The molecule has 1 aliphatic carbocycles. The Morgan fingerprint density at radius 1 is 1.00 bits per heavy atom. The van der Waals surface area contributed by atoms with Gasteiger partial charge in [0.15, 0.2) is 0 Å². The fraction of sp³-hybridized carbons (Fsp3) is 0.875. The molecular formula is C16H28N2O3. The van der Waals surface area contributed by atoms with Gasteiger partial charge in [0.05, 0.1) is 0 Å². The minimum Gasteiger partial charge on any atom is -0.481 e. The summed E-state index contributed by atoms with van der Waals surface area (Å²) in [6.07, 6.45) is 10.6. The second-order valence-corrected chi connectivity index (χ2v) is 6.63. The molecule has 0 aromatic rings. The lowest BCUT2D eigenvalue weighted by Gasteiger charge is -2.44. The summed E-state index contributed by atoms with van der Waals surface area (Å²) < 4.78 is 0. The molecular weight excluding hydrogens is 268 g/mol. The summed E-state index contributed by atoms with van der Waals surface area (Å²) in [6, 6.07) is 0.0241. The van der Waals surface area contributed by atoms with Gasteiger partial charge in [0.25, 0.3) is 0 Å². The predicted molar refractivity (Wildman–Crippen MR) is 81.2 cm³/mol. The lowest BCUT2D eigenvalue weighted by atomic mass is 9.68. The van der Waals surface area contributed by atoms with Gasteiger partial charge in [-0.2, -0.15) is 0 Å². The van der Waals surface area contributed by atoms with E-state index in [-0.39, 0.29) is 12.5 Å². The fourth-order valence-corrected chi connectivity index (χ4v) is 3.69. The number of aliphatic carboxylic acids is 1. The van der Waals surface area contributed by atoms with Crippen LogP contribution in [-0.4, -0.2) is 41.6 Å². The summed E-state index contributed by atoms with van der Waals surface area (Å²) in [6.45, 7) is 2.33. The third-order valence-corrected chi connectivity index (χ3v) is 5.12. The quantitative estimate of drug-likeness (QED) is 0.766. The summed E-state index contributed by atoms with van der Waals surface area (Å²) >= 11 is 0. The maximum atomic E-state index is 12.1. The molecule has 0 aromatic carbocycles. The summed E-state index contributed by atoms with van der Waals surface area (Å²) in [4.78, 5) is 24.4. The van der Waals surface area contributed by atoms with Crippen LogP contribution in [0.3, 0.4) is 0 Å². The van der Waals surface area contributed by atoms with Gasteiger partial charge in [-0.05, 0) is 43.9 Å². The Hall–Kier alpha value is -1.26. The Labute approximate surface area is 127 Å². The fourth-order valence-electron chi connectivity index (χ4n) is 3.69. The van der Waals surface area contributed by atoms with E-state index in [1.54, 1.807) is 0 Å². The first kappa shape index (κ1) is 16.1. The molecule has 0 bridgehead atoms. The number of nitrogens with one attached hydrogen (secondary N) is 1. The molecule has 2 aliphatic rings. The highest BCUT2D eigenvalue weighted by Crippen LogP contribution is 2.44. The number of hydrogen-bond acceptors (Lipinski definition) is 2. The molecule has 1 saturated heterocycles. The molecule has 5 heteroatoms. The topological polar surface area (TPSA) is 69.6 Å². The van der Waals surface area contributed by atoms with Crippen molar-refractivity contribution in [2.75, 3.05) is 19.6 Å². The normalized spacial score (nSPS) is 21.2. The Kier molecular flexibility index (Phi) is 5.88. The van der Waals surface area contributed by atoms with Crippen LogP contribution in [-0.2, 0) is 4.79 Å². The van der Waals surface area contributed by atoms with E-state index in [1.165, 1.54) is 32.1 Å². The summed E-state index contributed by atoms with van der Waals surface area (Å²) in [5.74, 6) is -0.768. The predicted octanol–water partition coefficient (Wildman–Crippen LogP) is 3.00. The number of unbranched alkanes of at least 4 members (excludes halogenated alkanes) is 1. The van der Waals surface area contributed by atoms with Gasteiger partial charge in [-0.25, -0.2) is 4.79 Å². The molecule has 0 unspecified atom stereocenters. The first-order valence-electron chi connectivity index (χ1n) is 8.36. The smallest absolute Gasteiger partial charge is 0.317 e. The van der Waals surface area contributed by atoms with Crippen molar-refractivity contribution in [3.05, 3.63) is 0 Å². The molecule has 5 nitrogen and oxygen atoms in total. The second kappa shape index (κ2) is 7.66. The number of amides is 2. The standard InChI is InChI=1S/C16H28N2O3/c19-14(20)6-2-5-11-17-15(21)18-12-9-16(10-13-18)7-3-1-4-8-16/h1-13H2,(H,17,21)(H,19,20). The largest absolute Gasteiger partial charge is 0.481 e. The Morgan fingerprint density at radius 2 is 1.67 bits per heavy atom. The summed E-state index contributed by atoms with van der Waals surface area (Å²) in [5, 5.41) is 11.5. The molecule has 0 aromatic heterocycles. The van der Waals surface area contributed by atoms with Crippen molar-refractivity contribution in [2.24, 2.45) is 5.41 Å². The van der Waals surface area contributed by atoms with Crippen molar-refractivity contribution >= 4 is 12.0 Å². The van der Waals surface area contributed by atoms with Gasteiger partial charge in [0, 0.05) is 26.1 Å². The maximum Gasteiger partial charge on any atom is 0.317 e. The minimum atomic E-state index is -0.768. The SMILES string of the molecule is O=C(O)CCCCNC(=O)N1CCC2(CCCCC2)CC1. The minimum absolute atomic E-state index is 0.0241. The number of carboxylic acid groups (broad SMARTS) is 1. The van der Waals surface area contributed by atoms with Gasteiger partial charge in [-0.3, -0.25) is 4.79 Å². The van der Waals surface area contributed by atoms with Crippen molar-refractivity contribution in [2.45, 2.75) is 64.2 Å². The van der Waals surface area contributed by atoms with Crippen LogP contribution in [0.25, 0.3) is 0 Å². The summed E-state index contributed by atoms with van der Waals surface area (Å²) in [5.41, 5.74) is 0.524. The molecule has 0 radical (unpaired) electrons. The number of rotatable bonds is 5. The van der Waals surface area contributed by atoms with Crippen LogP contribution in [0.4, 0.5) is 4.79 Å². The molecule has 1 aliphatic heterocycles. The highest BCUT2D eigenvalue weighted by molar-refractivity contribution is 5.74. The van der Waals surface area contributed by atoms with E-state index in [2.05, 4.69) is 5.32 Å². The number of carbonyl (C=O) groups is 2. The molecule has 1 saturated carbocycles. The van der Waals surface area contributed by atoms with E-state index in [1.807, 2.05) is 4.90 Å². The zero-order chi connectivity index (χ0) is 15.1. The van der Waals surface area contributed by atoms with Crippen LogP contribution in [0.1, 0.15) is 64.2 Å². The number of likely N-dealkylation sites (tertiary alicyclic amines) is 1. The van der Waals surface area contributed by atoms with Gasteiger partial charge in [-0.15, -0.1) is 0 Å². The molecule has 2 amide bonds. The van der Waals surface area contributed by atoms with Gasteiger partial charge in [-0.1, -0.05) is 19.3 Å². The van der Waals surface area contributed by atoms with Crippen LogP contribution < -0.4 is 5.32 Å². The molecule has 1 spiro atoms. The number of hydrogen-bond donors (Lipinski definition) is 2. The van der Waals surface area contributed by atoms with Crippen molar-refractivity contribution < 1.29 is 14.7 Å². The molecule has 120 valence electrons. The first-order valence-corrected chi connectivity index (χ1v) is 8.36. The van der Waals surface area contributed by atoms with E-state index in [0.717, 1.165) is 32.4 Å². The molecule has 2 fully saturated rings. The first-order chi connectivity index (χ1) is 10.1. The average molecular weight is 296 g/mol. The van der Waals surface area contributed by atoms with Gasteiger partial charge >= 0.3 is 12.0 Å². The Morgan fingerprint density at radius 3 is 2.29 bits per heavy atom. The lowest BCUT2D eigenvalue weighted by molar-refractivity contribution is -0.137. The Bertz CT molecular complexity index is 355. The van der Waals surface area contributed by atoms with E-state index >= 15 is 0 Å². The van der Waals surface area contributed by atoms with Crippen LogP contribution >= 0.6 is 0 Å². The van der Waals surface area contributed by atoms with E-state index in [0.29, 0.717) is 18.4 Å². The van der Waals surface area contributed by atoms with Crippen LogP contribution in [0, 0.1) is 5.41 Å². The van der Waals surface area contributed by atoms with Crippen molar-refractivity contribution in [3.8, 4) is 0 Å². The van der Waals surface area contributed by atoms with E-state index < -0.39 is 5.97 Å².